The van der Waals surface area contributed by atoms with E-state index in [1.54, 1.807) is 11.3 Å². The third-order valence-electron chi connectivity index (χ3n) is 4.20. The van der Waals surface area contributed by atoms with Crippen LogP contribution in [0.15, 0.2) is 10.5 Å². The van der Waals surface area contributed by atoms with Crippen LogP contribution in [0.3, 0.4) is 0 Å². The van der Waals surface area contributed by atoms with Gasteiger partial charge >= 0.3 is 5.97 Å². The number of thiophene rings is 1. The zero-order chi connectivity index (χ0) is 14.2. The lowest BCUT2D eigenvalue weighted by atomic mass is 9.76. The van der Waals surface area contributed by atoms with E-state index in [-0.39, 0.29) is 5.92 Å². The molecule has 0 radical (unpaired) electrons. The molecule has 19 heavy (non-hydrogen) atoms. The highest BCUT2D eigenvalue weighted by molar-refractivity contribution is 9.10. The van der Waals surface area contributed by atoms with Gasteiger partial charge in [-0.05, 0) is 47.8 Å². The molecule has 1 aliphatic rings. The van der Waals surface area contributed by atoms with Gasteiger partial charge in [-0.25, -0.2) is 0 Å². The highest BCUT2D eigenvalue weighted by atomic mass is 79.9. The van der Waals surface area contributed by atoms with Crippen LogP contribution in [0, 0.1) is 18.3 Å². The van der Waals surface area contributed by atoms with Gasteiger partial charge in [0.05, 0.1) is 5.41 Å². The van der Waals surface area contributed by atoms with Gasteiger partial charge in [-0.3, -0.25) is 9.69 Å². The standard InChI is InChI=1S/C14H20BrNO2S/c1-9(2)14(13(17)18)4-5-16(8-14)7-11-6-12(15)10(3)19-11/h6,9H,4-5,7-8H2,1-3H3,(H,17,18). The SMILES string of the molecule is Cc1sc(CN2CCC(C(=O)O)(C(C)C)C2)cc1Br. The molecule has 1 aromatic heterocycles. The van der Waals surface area contributed by atoms with E-state index in [4.69, 9.17) is 0 Å². The average Bonchev–Trinajstić information content (AvgIpc) is 2.85. The molecule has 1 atom stereocenters. The predicted molar refractivity (Wildman–Crippen MR) is 81.6 cm³/mol. The Morgan fingerprint density at radius 1 is 1.63 bits per heavy atom. The smallest absolute Gasteiger partial charge is 0.311 e. The summed E-state index contributed by atoms with van der Waals surface area (Å²) in [5, 5.41) is 9.53. The Labute approximate surface area is 126 Å². The topological polar surface area (TPSA) is 40.5 Å². The summed E-state index contributed by atoms with van der Waals surface area (Å²) in [5.41, 5.74) is -0.566. The van der Waals surface area contributed by atoms with Crippen LogP contribution in [0.4, 0.5) is 0 Å². The van der Waals surface area contributed by atoms with Crippen molar-refractivity contribution >= 4 is 33.2 Å². The first-order valence-corrected chi connectivity index (χ1v) is 8.16. The maximum atomic E-state index is 11.6. The van der Waals surface area contributed by atoms with E-state index in [9.17, 15) is 9.90 Å². The number of nitrogens with zero attached hydrogens (tertiary/aromatic N) is 1. The fourth-order valence-corrected chi connectivity index (χ4v) is 4.40. The van der Waals surface area contributed by atoms with E-state index < -0.39 is 11.4 Å². The fraction of sp³-hybridized carbons (Fsp3) is 0.643. The highest BCUT2D eigenvalue weighted by Gasteiger charge is 2.47. The first-order chi connectivity index (χ1) is 8.85. The number of carboxylic acids is 1. The number of aliphatic carboxylic acids is 1. The summed E-state index contributed by atoms with van der Waals surface area (Å²) >= 11 is 5.31. The van der Waals surface area contributed by atoms with Crippen molar-refractivity contribution in [1.29, 1.82) is 0 Å². The van der Waals surface area contributed by atoms with Crippen LogP contribution >= 0.6 is 27.3 Å². The van der Waals surface area contributed by atoms with Crippen LogP contribution in [0.1, 0.15) is 30.0 Å². The number of rotatable bonds is 4. The second-order valence-electron chi connectivity index (χ2n) is 5.69. The lowest BCUT2D eigenvalue weighted by Gasteiger charge is -2.28. The van der Waals surface area contributed by atoms with Crippen molar-refractivity contribution in [2.75, 3.05) is 13.1 Å². The third-order valence-corrected chi connectivity index (χ3v) is 6.32. The minimum Gasteiger partial charge on any atom is -0.481 e. The molecule has 106 valence electrons. The predicted octanol–water partition coefficient (Wildman–Crippen LogP) is 3.75. The molecule has 1 fully saturated rings. The van der Waals surface area contributed by atoms with Gasteiger partial charge in [0.1, 0.15) is 0 Å². The lowest BCUT2D eigenvalue weighted by Crippen LogP contribution is -2.39. The van der Waals surface area contributed by atoms with Crippen molar-refractivity contribution in [3.8, 4) is 0 Å². The monoisotopic (exact) mass is 345 g/mol. The summed E-state index contributed by atoms with van der Waals surface area (Å²) in [6.45, 7) is 8.53. The lowest BCUT2D eigenvalue weighted by molar-refractivity contribution is -0.151. The summed E-state index contributed by atoms with van der Waals surface area (Å²) in [5.74, 6) is -0.472. The number of carbonyl (C=O) groups is 1. The van der Waals surface area contributed by atoms with E-state index >= 15 is 0 Å². The van der Waals surface area contributed by atoms with Gasteiger partial charge in [0.25, 0.3) is 0 Å². The number of carboxylic acid groups (broad SMARTS) is 1. The van der Waals surface area contributed by atoms with Gasteiger partial charge in [-0.1, -0.05) is 13.8 Å². The Bertz CT molecular complexity index is 466. The minimum absolute atomic E-state index is 0.173. The molecule has 0 aliphatic carbocycles. The number of aryl methyl sites for hydroxylation is 1. The summed E-state index contributed by atoms with van der Waals surface area (Å²) in [6, 6.07) is 2.15. The van der Waals surface area contributed by atoms with Crippen LogP contribution in [0.5, 0.6) is 0 Å². The molecule has 0 aromatic carbocycles. The van der Waals surface area contributed by atoms with E-state index in [0.717, 1.165) is 24.0 Å². The number of likely N-dealkylation sites (tertiary alicyclic amines) is 1. The van der Waals surface area contributed by atoms with Crippen LogP contribution in [0.2, 0.25) is 0 Å². The van der Waals surface area contributed by atoms with Crippen molar-refractivity contribution in [1.82, 2.24) is 4.90 Å². The second kappa shape index (κ2) is 5.54. The molecule has 1 unspecified atom stereocenters. The van der Waals surface area contributed by atoms with Crippen molar-refractivity contribution < 1.29 is 9.90 Å². The zero-order valence-electron chi connectivity index (χ0n) is 11.6. The Kier molecular flexibility index (Phi) is 4.38. The Morgan fingerprint density at radius 2 is 2.32 bits per heavy atom. The molecule has 0 spiro atoms. The summed E-state index contributed by atoms with van der Waals surface area (Å²) in [6.07, 6.45) is 0.755. The van der Waals surface area contributed by atoms with E-state index in [0.29, 0.717) is 6.54 Å². The Balaban J connectivity index is 2.07. The van der Waals surface area contributed by atoms with Crippen molar-refractivity contribution in [3.63, 3.8) is 0 Å². The molecule has 1 N–H and O–H groups in total. The van der Waals surface area contributed by atoms with Crippen LogP contribution in [-0.2, 0) is 11.3 Å². The third kappa shape index (κ3) is 2.88. The van der Waals surface area contributed by atoms with E-state index in [1.165, 1.54) is 9.75 Å². The summed E-state index contributed by atoms with van der Waals surface area (Å²) < 4.78 is 1.15. The molecule has 0 saturated carbocycles. The molecular formula is C14H20BrNO2S. The zero-order valence-corrected chi connectivity index (χ0v) is 14.0. The molecule has 0 amide bonds. The minimum atomic E-state index is -0.645. The van der Waals surface area contributed by atoms with Crippen LogP contribution in [-0.4, -0.2) is 29.1 Å². The second-order valence-corrected chi connectivity index (χ2v) is 7.89. The van der Waals surface area contributed by atoms with Gasteiger partial charge in [-0.15, -0.1) is 11.3 Å². The molecule has 1 aromatic rings. The van der Waals surface area contributed by atoms with Gasteiger partial charge in [0, 0.05) is 27.3 Å². The maximum Gasteiger partial charge on any atom is 0.311 e. The molecule has 3 nitrogen and oxygen atoms in total. The fourth-order valence-electron chi connectivity index (χ4n) is 2.76. The first-order valence-electron chi connectivity index (χ1n) is 6.56. The van der Waals surface area contributed by atoms with Gasteiger partial charge < -0.3 is 5.11 Å². The molecule has 1 saturated heterocycles. The van der Waals surface area contributed by atoms with Crippen LogP contribution in [0.25, 0.3) is 0 Å². The maximum absolute atomic E-state index is 11.6. The Morgan fingerprint density at radius 3 is 2.74 bits per heavy atom. The van der Waals surface area contributed by atoms with Gasteiger partial charge in [-0.2, -0.15) is 0 Å². The van der Waals surface area contributed by atoms with Crippen molar-refractivity contribution in [3.05, 3.63) is 20.3 Å². The highest BCUT2D eigenvalue weighted by Crippen LogP contribution is 2.39. The molecule has 2 rings (SSSR count). The molecule has 0 bridgehead atoms. The number of hydrogen-bond acceptors (Lipinski definition) is 3. The van der Waals surface area contributed by atoms with Crippen molar-refractivity contribution in [2.24, 2.45) is 11.3 Å². The summed E-state index contributed by atoms with van der Waals surface area (Å²) in [4.78, 5) is 16.4. The molecule has 2 heterocycles. The summed E-state index contributed by atoms with van der Waals surface area (Å²) in [7, 11) is 0. The largest absolute Gasteiger partial charge is 0.481 e. The quantitative estimate of drug-likeness (QED) is 0.903. The Hall–Kier alpha value is -0.390. The van der Waals surface area contributed by atoms with Crippen LogP contribution < -0.4 is 0 Å². The van der Waals surface area contributed by atoms with E-state index in [2.05, 4.69) is 33.8 Å². The molecule has 5 heteroatoms. The first kappa shape index (κ1) is 15.0. The average molecular weight is 346 g/mol. The van der Waals surface area contributed by atoms with E-state index in [1.807, 2.05) is 13.8 Å². The number of halogens is 1. The van der Waals surface area contributed by atoms with Crippen molar-refractivity contribution in [2.45, 2.75) is 33.7 Å². The van der Waals surface area contributed by atoms with Gasteiger partial charge in [0.2, 0.25) is 0 Å². The number of hydrogen-bond donors (Lipinski definition) is 1. The normalized spacial score (nSPS) is 24.3. The molecule has 1 aliphatic heterocycles. The van der Waals surface area contributed by atoms with Gasteiger partial charge in [0.15, 0.2) is 0 Å². The molecular weight excluding hydrogens is 326 g/mol.